The van der Waals surface area contributed by atoms with E-state index in [0.29, 0.717) is 18.1 Å². The lowest BCUT2D eigenvalue weighted by molar-refractivity contribution is -0.122. The lowest BCUT2D eigenvalue weighted by Crippen LogP contribution is -2.43. The van der Waals surface area contributed by atoms with Crippen molar-refractivity contribution >= 4 is 51.3 Å². The standard InChI is InChI=1S/C23H25BrN2O3S/c1-16(2)29-12-6-11-25-22(27)15-26-19-9-3-4-10-20(19)30-21(23(26)28)14-17-7-5-8-18(24)13-17/h3-5,7-10,13-14,16H,6,11-12,15H2,1-2H3,(H,25,27). The number of carbonyl (C=O) groups is 2. The van der Waals surface area contributed by atoms with E-state index in [1.54, 1.807) is 4.90 Å². The van der Waals surface area contributed by atoms with Crippen LogP contribution >= 0.6 is 27.7 Å². The topological polar surface area (TPSA) is 58.6 Å². The number of ether oxygens (including phenoxy) is 1. The monoisotopic (exact) mass is 488 g/mol. The second-order valence-corrected chi connectivity index (χ2v) is 9.15. The summed E-state index contributed by atoms with van der Waals surface area (Å²) in [7, 11) is 0. The Bertz CT molecular complexity index is 946. The summed E-state index contributed by atoms with van der Waals surface area (Å²) in [5.41, 5.74) is 1.69. The summed E-state index contributed by atoms with van der Waals surface area (Å²) in [6.45, 7) is 5.06. The minimum atomic E-state index is -0.184. The quantitative estimate of drug-likeness (QED) is 0.425. The molecule has 5 nitrogen and oxygen atoms in total. The van der Waals surface area contributed by atoms with E-state index in [0.717, 1.165) is 27.0 Å². The summed E-state index contributed by atoms with van der Waals surface area (Å²) in [5, 5.41) is 2.88. The van der Waals surface area contributed by atoms with E-state index in [2.05, 4.69) is 21.2 Å². The van der Waals surface area contributed by atoms with E-state index in [9.17, 15) is 9.59 Å². The van der Waals surface area contributed by atoms with Crippen LogP contribution < -0.4 is 10.2 Å². The number of para-hydroxylation sites is 1. The Balaban J connectivity index is 1.72. The first kappa shape index (κ1) is 22.6. The summed E-state index contributed by atoms with van der Waals surface area (Å²) in [6, 6.07) is 15.4. The zero-order chi connectivity index (χ0) is 21.5. The minimum absolute atomic E-state index is 0.0166. The minimum Gasteiger partial charge on any atom is -0.379 e. The van der Waals surface area contributed by atoms with Gasteiger partial charge >= 0.3 is 0 Å². The molecule has 1 heterocycles. The number of hydrogen-bond acceptors (Lipinski definition) is 4. The Morgan fingerprint density at radius 2 is 2.03 bits per heavy atom. The Labute approximate surface area is 190 Å². The molecular weight excluding hydrogens is 464 g/mol. The van der Waals surface area contributed by atoms with Crippen LogP contribution in [0.4, 0.5) is 5.69 Å². The van der Waals surface area contributed by atoms with Gasteiger partial charge in [-0.1, -0.05) is 52.0 Å². The highest BCUT2D eigenvalue weighted by molar-refractivity contribution is 9.10. The number of nitrogens with zero attached hydrogens (tertiary/aromatic N) is 1. The predicted octanol–water partition coefficient (Wildman–Crippen LogP) is 4.86. The number of fused-ring (bicyclic) bond motifs is 1. The summed E-state index contributed by atoms with van der Waals surface area (Å²) in [5.74, 6) is -0.353. The Hall–Kier alpha value is -2.09. The van der Waals surface area contributed by atoms with Crippen molar-refractivity contribution in [2.24, 2.45) is 0 Å². The normalized spacial score (nSPS) is 14.9. The van der Waals surface area contributed by atoms with Crippen molar-refractivity contribution in [1.29, 1.82) is 0 Å². The van der Waals surface area contributed by atoms with Gasteiger partial charge in [0.05, 0.1) is 16.7 Å². The molecule has 7 heteroatoms. The van der Waals surface area contributed by atoms with Crippen molar-refractivity contribution < 1.29 is 14.3 Å². The predicted molar refractivity (Wildman–Crippen MR) is 125 cm³/mol. The van der Waals surface area contributed by atoms with Gasteiger partial charge < -0.3 is 10.1 Å². The van der Waals surface area contributed by atoms with Crippen LogP contribution in [0.25, 0.3) is 6.08 Å². The van der Waals surface area contributed by atoms with Gasteiger partial charge in [0, 0.05) is 22.5 Å². The van der Waals surface area contributed by atoms with E-state index in [-0.39, 0.29) is 24.5 Å². The average molecular weight is 489 g/mol. The molecule has 1 aliphatic heterocycles. The Morgan fingerprint density at radius 1 is 1.23 bits per heavy atom. The number of benzene rings is 2. The van der Waals surface area contributed by atoms with Gasteiger partial charge in [-0.2, -0.15) is 0 Å². The Kier molecular flexibility index (Phi) is 8.13. The van der Waals surface area contributed by atoms with Crippen LogP contribution in [0, 0.1) is 0 Å². The molecule has 0 aliphatic carbocycles. The van der Waals surface area contributed by atoms with Gasteiger partial charge in [-0.05, 0) is 56.2 Å². The fourth-order valence-electron chi connectivity index (χ4n) is 2.99. The van der Waals surface area contributed by atoms with Gasteiger partial charge in [-0.3, -0.25) is 14.5 Å². The van der Waals surface area contributed by atoms with Gasteiger partial charge in [-0.25, -0.2) is 0 Å². The molecule has 0 saturated heterocycles. The molecule has 0 aromatic heterocycles. The van der Waals surface area contributed by atoms with Gasteiger partial charge in [0.25, 0.3) is 5.91 Å². The molecule has 158 valence electrons. The molecule has 0 unspecified atom stereocenters. The van der Waals surface area contributed by atoms with Crippen LogP contribution in [-0.4, -0.2) is 37.6 Å². The highest BCUT2D eigenvalue weighted by Gasteiger charge is 2.30. The molecule has 0 spiro atoms. The number of hydrogen-bond donors (Lipinski definition) is 1. The van der Waals surface area contributed by atoms with Crippen LogP contribution in [-0.2, 0) is 14.3 Å². The van der Waals surface area contributed by atoms with Crippen molar-refractivity contribution in [3.05, 3.63) is 63.5 Å². The van der Waals surface area contributed by atoms with Gasteiger partial charge in [-0.15, -0.1) is 0 Å². The molecule has 0 saturated carbocycles. The molecule has 0 atom stereocenters. The summed E-state index contributed by atoms with van der Waals surface area (Å²) in [4.78, 5) is 28.8. The molecule has 3 rings (SSSR count). The number of nitrogens with one attached hydrogen (secondary N) is 1. The molecule has 1 N–H and O–H groups in total. The van der Waals surface area contributed by atoms with Crippen molar-refractivity contribution in [2.45, 2.75) is 31.3 Å². The van der Waals surface area contributed by atoms with Gasteiger partial charge in [0.2, 0.25) is 5.91 Å². The van der Waals surface area contributed by atoms with Gasteiger partial charge in [0.1, 0.15) is 6.54 Å². The molecule has 0 fully saturated rings. The largest absolute Gasteiger partial charge is 0.379 e. The number of halogens is 1. The van der Waals surface area contributed by atoms with E-state index < -0.39 is 0 Å². The first-order valence-electron chi connectivity index (χ1n) is 9.88. The Morgan fingerprint density at radius 3 is 2.80 bits per heavy atom. The number of rotatable bonds is 8. The van der Waals surface area contributed by atoms with E-state index in [4.69, 9.17) is 4.74 Å². The summed E-state index contributed by atoms with van der Waals surface area (Å²) < 4.78 is 6.43. The van der Waals surface area contributed by atoms with Crippen LogP contribution in [0.3, 0.4) is 0 Å². The lowest BCUT2D eigenvalue weighted by atomic mass is 10.2. The second kappa shape index (κ2) is 10.8. The number of anilines is 1. The molecule has 0 bridgehead atoms. The van der Waals surface area contributed by atoms with E-state index in [1.807, 2.05) is 68.5 Å². The van der Waals surface area contributed by atoms with Crippen molar-refractivity contribution in [3.63, 3.8) is 0 Å². The summed E-state index contributed by atoms with van der Waals surface area (Å²) >= 11 is 4.89. The highest BCUT2D eigenvalue weighted by Crippen LogP contribution is 2.41. The molecule has 2 aromatic carbocycles. The summed E-state index contributed by atoms with van der Waals surface area (Å²) in [6.07, 6.45) is 2.77. The van der Waals surface area contributed by atoms with E-state index in [1.165, 1.54) is 11.8 Å². The van der Waals surface area contributed by atoms with Crippen LogP contribution in [0.5, 0.6) is 0 Å². The van der Waals surface area contributed by atoms with Crippen molar-refractivity contribution in [2.75, 3.05) is 24.6 Å². The lowest BCUT2D eigenvalue weighted by Gasteiger charge is -2.29. The highest BCUT2D eigenvalue weighted by atomic mass is 79.9. The maximum atomic E-state index is 13.2. The molecule has 0 radical (unpaired) electrons. The number of thioether (sulfide) groups is 1. The molecule has 30 heavy (non-hydrogen) atoms. The third kappa shape index (κ3) is 6.20. The van der Waals surface area contributed by atoms with Crippen molar-refractivity contribution in [3.8, 4) is 0 Å². The molecular formula is C23H25BrN2O3S. The molecule has 1 aliphatic rings. The van der Waals surface area contributed by atoms with Crippen molar-refractivity contribution in [1.82, 2.24) is 5.32 Å². The van der Waals surface area contributed by atoms with Gasteiger partial charge in [0.15, 0.2) is 0 Å². The first-order valence-corrected chi connectivity index (χ1v) is 11.5. The van der Waals surface area contributed by atoms with Crippen LogP contribution in [0.2, 0.25) is 0 Å². The SMILES string of the molecule is CC(C)OCCCNC(=O)CN1C(=O)C(=Cc2cccc(Br)c2)Sc2ccccc21. The zero-order valence-electron chi connectivity index (χ0n) is 17.1. The maximum Gasteiger partial charge on any atom is 0.265 e. The molecule has 2 amide bonds. The maximum absolute atomic E-state index is 13.2. The number of amides is 2. The second-order valence-electron chi connectivity index (χ2n) is 7.15. The fourth-order valence-corrected chi connectivity index (χ4v) is 4.46. The third-order valence-electron chi connectivity index (χ3n) is 4.37. The average Bonchev–Trinajstić information content (AvgIpc) is 2.70. The van der Waals surface area contributed by atoms with E-state index >= 15 is 0 Å². The molecule has 2 aromatic rings. The fraction of sp³-hybridized carbons (Fsp3) is 0.304. The zero-order valence-corrected chi connectivity index (χ0v) is 19.5. The van der Waals surface area contributed by atoms with Crippen LogP contribution in [0.15, 0.2) is 62.8 Å². The third-order valence-corrected chi connectivity index (χ3v) is 5.95. The number of carbonyl (C=O) groups excluding carboxylic acids is 2. The van der Waals surface area contributed by atoms with Crippen LogP contribution in [0.1, 0.15) is 25.8 Å². The smallest absolute Gasteiger partial charge is 0.265 e. The first-order chi connectivity index (χ1) is 14.4.